The van der Waals surface area contributed by atoms with Crippen molar-refractivity contribution >= 4 is 0 Å². The molecule has 2 aromatic carbocycles. The molecule has 2 fully saturated rings. The first-order valence-corrected chi connectivity index (χ1v) is 10.2. The van der Waals surface area contributed by atoms with Gasteiger partial charge in [-0.3, -0.25) is 0 Å². The predicted molar refractivity (Wildman–Crippen MR) is 104 cm³/mol. The normalized spacial score (nSPS) is 24.3. The molecule has 5 rings (SSSR count). The molecule has 0 radical (unpaired) electrons. The molecule has 5 heteroatoms. The minimum Gasteiger partial charge on any atom is -0.493 e. The number of rotatable bonds is 6. The number of likely N-dealkylation sites (tertiary alicyclic amines) is 1. The highest BCUT2D eigenvalue weighted by Gasteiger charge is 2.33. The van der Waals surface area contributed by atoms with Crippen LogP contribution in [0.4, 0.5) is 4.39 Å². The summed E-state index contributed by atoms with van der Waals surface area (Å²) in [6, 6.07) is 12.7. The van der Waals surface area contributed by atoms with Crippen LogP contribution in [-0.2, 0) is 0 Å². The summed E-state index contributed by atoms with van der Waals surface area (Å²) in [6.45, 7) is 4.26. The molecule has 2 atom stereocenters. The summed E-state index contributed by atoms with van der Waals surface area (Å²) in [7, 11) is 0. The number of piperidine rings is 1. The molecule has 1 aliphatic carbocycles. The smallest absolute Gasteiger partial charge is 0.231 e. The van der Waals surface area contributed by atoms with Crippen LogP contribution in [-0.4, -0.2) is 37.9 Å². The molecule has 2 aliphatic heterocycles. The van der Waals surface area contributed by atoms with E-state index in [1.807, 2.05) is 30.3 Å². The van der Waals surface area contributed by atoms with Gasteiger partial charge in [0.1, 0.15) is 11.6 Å². The Morgan fingerprint density at radius 3 is 2.64 bits per heavy atom. The Hall–Kier alpha value is -2.27. The molecular weight excluding hydrogens is 357 g/mol. The summed E-state index contributed by atoms with van der Waals surface area (Å²) in [4.78, 5) is 2.59. The molecule has 148 valence electrons. The minimum absolute atomic E-state index is 0.178. The maximum atomic E-state index is 13.4. The molecule has 3 aliphatic rings. The average Bonchev–Trinajstić information content (AvgIpc) is 3.40. The minimum atomic E-state index is -0.178. The van der Waals surface area contributed by atoms with Gasteiger partial charge in [-0.15, -0.1) is 0 Å². The molecule has 4 nitrogen and oxygen atoms in total. The highest BCUT2D eigenvalue weighted by molar-refractivity contribution is 5.46. The lowest BCUT2D eigenvalue weighted by molar-refractivity contribution is 0.107. The lowest BCUT2D eigenvalue weighted by Crippen LogP contribution is -2.42. The van der Waals surface area contributed by atoms with E-state index in [2.05, 4.69) is 4.90 Å². The first-order chi connectivity index (χ1) is 13.7. The van der Waals surface area contributed by atoms with Crippen molar-refractivity contribution in [3.8, 4) is 17.2 Å². The van der Waals surface area contributed by atoms with Crippen molar-refractivity contribution < 1.29 is 18.6 Å². The maximum Gasteiger partial charge on any atom is 0.231 e. The molecule has 0 N–H and O–H groups in total. The highest BCUT2D eigenvalue weighted by atomic mass is 19.1. The first-order valence-electron chi connectivity index (χ1n) is 10.2. The molecule has 0 bridgehead atoms. The van der Waals surface area contributed by atoms with E-state index in [4.69, 9.17) is 14.2 Å². The fourth-order valence-electron chi connectivity index (χ4n) is 4.43. The molecule has 1 saturated heterocycles. The van der Waals surface area contributed by atoms with Gasteiger partial charge in [-0.2, -0.15) is 0 Å². The van der Waals surface area contributed by atoms with E-state index in [9.17, 15) is 4.39 Å². The summed E-state index contributed by atoms with van der Waals surface area (Å²) in [5, 5.41) is 0. The van der Waals surface area contributed by atoms with Gasteiger partial charge in [0.2, 0.25) is 6.79 Å². The topological polar surface area (TPSA) is 30.9 Å². The Bertz CT molecular complexity index is 821. The van der Waals surface area contributed by atoms with E-state index in [1.165, 1.54) is 24.9 Å². The first kappa shape index (κ1) is 17.8. The van der Waals surface area contributed by atoms with Crippen molar-refractivity contribution in [2.24, 2.45) is 11.8 Å². The van der Waals surface area contributed by atoms with Gasteiger partial charge in [-0.05, 0) is 67.5 Å². The number of hydrogen-bond acceptors (Lipinski definition) is 4. The number of hydrogen-bond donors (Lipinski definition) is 0. The summed E-state index contributed by atoms with van der Waals surface area (Å²) < 4.78 is 30.4. The van der Waals surface area contributed by atoms with Crippen LogP contribution in [0, 0.1) is 17.7 Å². The Labute approximate surface area is 165 Å². The standard InChI is InChI=1S/C23H26FNO3/c24-19-5-3-17(4-6-19)21-9-10-25(12-16-1-2-16)13-18(21)14-26-20-7-8-22-23(11-20)28-15-27-22/h3-8,11,16,18,21H,1-2,9-10,12-15H2/t18-,21-/m1/s1. The van der Waals surface area contributed by atoms with Gasteiger partial charge >= 0.3 is 0 Å². The Kier molecular flexibility index (Phi) is 4.85. The van der Waals surface area contributed by atoms with Gasteiger partial charge in [0.05, 0.1) is 6.61 Å². The number of nitrogens with zero attached hydrogens (tertiary/aromatic N) is 1. The maximum absolute atomic E-state index is 13.4. The van der Waals surface area contributed by atoms with Crippen LogP contribution in [0.2, 0.25) is 0 Å². The fourth-order valence-corrected chi connectivity index (χ4v) is 4.43. The highest BCUT2D eigenvalue weighted by Crippen LogP contribution is 2.38. The second-order valence-corrected chi connectivity index (χ2v) is 8.24. The van der Waals surface area contributed by atoms with E-state index >= 15 is 0 Å². The largest absolute Gasteiger partial charge is 0.493 e. The molecule has 1 saturated carbocycles. The molecule has 2 heterocycles. The molecule has 0 aromatic heterocycles. The van der Waals surface area contributed by atoms with Crippen LogP contribution in [0.15, 0.2) is 42.5 Å². The second-order valence-electron chi connectivity index (χ2n) is 8.24. The van der Waals surface area contributed by atoms with Gasteiger partial charge < -0.3 is 19.1 Å². The van der Waals surface area contributed by atoms with Crippen LogP contribution < -0.4 is 14.2 Å². The zero-order chi connectivity index (χ0) is 18.9. The van der Waals surface area contributed by atoms with Crippen molar-refractivity contribution in [1.82, 2.24) is 4.90 Å². The molecular formula is C23H26FNO3. The van der Waals surface area contributed by atoms with E-state index in [-0.39, 0.29) is 12.6 Å². The quantitative estimate of drug-likeness (QED) is 0.738. The lowest BCUT2D eigenvalue weighted by atomic mass is 9.80. The Morgan fingerprint density at radius 2 is 1.82 bits per heavy atom. The van der Waals surface area contributed by atoms with E-state index in [0.717, 1.165) is 42.7 Å². The number of benzene rings is 2. The van der Waals surface area contributed by atoms with E-state index in [0.29, 0.717) is 18.4 Å². The monoisotopic (exact) mass is 383 g/mol. The molecule has 0 amide bonds. The van der Waals surface area contributed by atoms with E-state index < -0.39 is 0 Å². The van der Waals surface area contributed by atoms with Gasteiger partial charge in [-0.25, -0.2) is 4.39 Å². The van der Waals surface area contributed by atoms with Gasteiger partial charge in [0.25, 0.3) is 0 Å². The summed E-state index contributed by atoms with van der Waals surface area (Å²) >= 11 is 0. The van der Waals surface area contributed by atoms with Crippen LogP contribution in [0.1, 0.15) is 30.7 Å². The fraction of sp³-hybridized carbons (Fsp3) is 0.478. The van der Waals surface area contributed by atoms with E-state index in [1.54, 1.807) is 12.1 Å². The number of fused-ring (bicyclic) bond motifs is 1. The second kappa shape index (κ2) is 7.63. The van der Waals surface area contributed by atoms with Crippen LogP contribution >= 0.6 is 0 Å². The summed E-state index contributed by atoms with van der Waals surface area (Å²) in [6.07, 6.45) is 3.83. The zero-order valence-corrected chi connectivity index (χ0v) is 16.0. The third kappa shape index (κ3) is 3.95. The lowest BCUT2D eigenvalue weighted by Gasteiger charge is -2.39. The third-order valence-electron chi connectivity index (χ3n) is 6.14. The SMILES string of the molecule is Fc1ccc([C@H]2CCN(CC3CC3)C[C@@H]2COc2ccc3c(c2)OCO3)cc1. The molecule has 28 heavy (non-hydrogen) atoms. The molecule has 2 aromatic rings. The number of ether oxygens (including phenoxy) is 3. The van der Waals surface area contributed by atoms with Crippen LogP contribution in [0.5, 0.6) is 17.2 Å². The third-order valence-corrected chi connectivity index (χ3v) is 6.14. The van der Waals surface area contributed by atoms with Gasteiger partial charge in [0, 0.05) is 25.1 Å². The molecule has 0 spiro atoms. The predicted octanol–water partition coefficient (Wildman–Crippen LogP) is 4.45. The Morgan fingerprint density at radius 1 is 1.00 bits per heavy atom. The van der Waals surface area contributed by atoms with Crippen molar-refractivity contribution in [3.63, 3.8) is 0 Å². The van der Waals surface area contributed by atoms with Crippen molar-refractivity contribution in [3.05, 3.63) is 53.8 Å². The van der Waals surface area contributed by atoms with Gasteiger partial charge in [-0.1, -0.05) is 12.1 Å². The summed E-state index contributed by atoms with van der Waals surface area (Å²) in [5.74, 6) is 3.80. The van der Waals surface area contributed by atoms with Crippen LogP contribution in [0.3, 0.4) is 0 Å². The zero-order valence-electron chi connectivity index (χ0n) is 16.0. The average molecular weight is 383 g/mol. The Balaban J connectivity index is 1.29. The van der Waals surface area contributed by atoms with Crippen molar-refractivity contribution in [2.45, 2.75) is 25.2 Å². The summed E-state index contributed by atoms with van der Waals surface area (Å²) in [5.41, 5.74) is 1.21. The van der Waals surface area contributed by atoms with Crippen LogP contribution in [0.25, 0.3) is 0 Å². The van der Waals surface area contributed by atoms with Crippen molar-refractivity contribution in [2.75, 3.05) is 33.0 Å². The van der Waals surface area contributed by atoms with Gasteiger partial charge in [0.15, 0.2) is 11.5 Å². The van der Waals surface area contributed by atoms with Crippen molar-refractivity contribution in [1.29, 1.82) is 0 Å². The molecule has 0 unspecified atom stereocenters. The number of halogens is 1.